The molecule has 0 radical (unpaired) electrons. The second-order valence-corrected chi connectivity index (χ2v) is 4.29. The third-order valence-corrected chi connectivity index (χ3v) is 3.04. The molecule has 2 rings (SSSR count). The van der Waals surface area contributed by atoms with E-state index in [2.05, 4.69) is 0 Å². The van der Waals surface area contributed by atoms with Crippen LogP contribution in [0, 0.1) is 12.8 Å². The maximum Gasteiger partial charge on any atom is 0.163 e. The van der Waals surface area contributed by atoms with Crippen molar-refractivity contribution in [1.29, 1.82) is 0 Å². The molecule has 0 amide bonds. The lowest BCUT2D eigenvalue weighted by molar-refractivity contribution is 0.0936. The van der Waals surface area contributed by atoms with Crippen LogP contribution < -0.4 is 0 Å². The molecule has 0 aliphatic heterocycles. The van der Waals surface area contributed by atoms with Crippen molar-refractivity contribution in [2.75, 3.05) is 0 Å². The van der Waals surface area contributed by atoms with Crippen molar-refractivity contribution in [2.45, 2.75) is 32.6 Å². The predicted octanol–water partition coefficient (Wildman–Crippen LogP) is 3.37. The highest BCUT2D eigenvalue weighted by Gasteiger charge is 2.21. The Morgan fingerprint density at radius 3 is 2.79 bits per heavy atom. The Morgan fingerprint density at radius 2 is 2.21 bits per heavy atom. The van der Waals surface area contributed by atoms with E-state index in [9.17, 15) is 4.79 Å². The van der Waals surface area contributed by atoms with E-state index in [-0.39, 0.29) is 0 Å². The van der Waals surface area contributed by atoms with Crippen LogP contribution in [0.5, 0.6) is 0 Å². The molecule has 14 heavy (non-hydrogen) atoms. The highest BCUT2D eigenvalue weighted by molar-refractivity contribution is 5.96. The van der Waals surface area contributed by atoms with E-state index in [1.807, 2.05) is 31.2 Å². The van der Waals surface area contributed by atoms with Gasteiger partial charge in [0.1, 0.15) is 0 Å². The van der Waals surface area contributed by atoms with E-state index in [1.54, 1.807) is 0 Å². The highest BCUT2D eigenvalue weighted by Crippen LogP contribution is 2.30. The lowest BCUT2D eigenvalue weighted by Crippen LogP contribution is -2.15. The molecule has 74 valence electrons. The average Bonchev–Trinajstić information content (AvgIpc) is 2.11. The van der Waals surface area contributed by atoms with Gasteiger partial charge in [0, 0.05) is 12.0 Å². The number of aryl methyl sites for hydroxylation is 1. The topological polar surface area (TPSA) is 17.1 Å². The van der Waals surface area contributed by atoms with Gasteiger partial charge in [0.2, 0.25) is 0 Å². The summed E-state index contributed by atoms with van der Waals surface area (Å²) in [7, 11) is 0. The molecular weight excluding hydrogens is 172 g/mol. The van der Waals surface area contributed by atoms with Crippen LogP contribution in [-0.2, 0) is 0 Å². The third kappa shape index (κ3) is 2.03. The Kier molecular flexibility index (Phi) is 2.67. The zero-order valence-electron chi connectivity index (χ0n) is 8.62. The van der Waals surface area contributed by atoms with E-state index >= 15 is 0 Å². The quantitative estimate of drug-likeness (QED) is 0.665. The number of benzene rings is 1. The molecule has 1 aromatic rings. The van der Waals surface area contributed by atoms with E-state index in [0.717, 1.165) is 12.0 Å². The smallest absolute Gasteiger partial charge is 0.163 e. The van der Waals surface area contributed by atoms with Crippen molar-refractivity contribution in [3.8, 4) is 0 Å². The Hall–Kier alpha value is -1.11. The molecule has 0 spiro atoms. The Balaban J connectivity index is 2.02. The number of hydrogen-bond donors (Lipinski definition) is 0. The molecule has 1 saturated carbocycles. The first-order valence-electron chi connectivity index (χ1n) is 5.35. The second-order valence-electron chi connectivity index (χ2n) is 4.29. The molecule has 1 heteroatoms. The number of hydrogen-bond acceptors (Lipinski definition) is 1. The highest BCUT2D eigenvalue weighted by atomic mass is 16.1. The molecule has 0 atom stereocenters. The lowest BCUT2D eigenvalue weighted by atomic mass is 9.81. The van der Waals surface area contributed by atoms with Gasteiger partial charge in [0.05, 0.1) is 0 Å². The average molecular weight is 188 g/mol. The lowest BCUT2D eigenvalue weighted by Gasteiger charge is -2.24. The summed E-state index contributed by atoms with van der Waals surface area (Å²) >= 11 is 0. The molecule has 0 N–H and O–H groups in total. The third-order valence-electron chi connectivity index (χ3n) is 3.04. The molecule has 0 bridgehead atoms. The van der Waals surface area contributed by atoms with E-state index in [1.165, 1.54) is 24.8 Å². The van der Waals surface area contributed by atoms with Crippen LogP contribution in [0.1, 0.15) is 41.6 Å². The first-order valence-corrected chi connectivity index (χ1v) is 5.35. The number of carbonyl (C=O) groups is 1. The molecular formula is C13H16O. The fourth-order valence-electron chi connectivity index (χ4n) is 1.90. The van der Waals surface area contributed by atoms with Gasteiger partial charge in [-0.25, -0.2) is 0 Å². The Labute approximate surface area is 85.1 Å². The maximum absolute atomic E-state index is 11.8. The van der Waals surface area contributed by atoms with Crippen LogP contribution in [-0.4, -0.2) is 5.78 Å². The fourth-order valence-corrected chi connectivity index (χ4v) is 1.90. The summed E-state index contributed by atoms with van der Waals surface area (Å²) < 4.78 is 0. The van der Waals surface area contributed by atoms with Crippen molar-refractivity contribution < 1.29 is 4.79 Å². The minimum Gasteiger partial charge on any atom is -0.294 e. The molecule has 1 aliphatic rings. The molecule has 0 saturated heterocycles. The van der Waals surface area contributed by atoms with Crippen LogP contribution in [0.25, 0.3) is 0 Å². The van der Waals surface area contributed by atoms with E-state index in [4.69, 9.17) is 0 Å². The number of Topliss-reactive ketones (excluding diaryl/α,β-unsaturated/α-hetero) is 1. The fraction of sp³-hybridized carbons (Fsp3) is 0.462. The minimum atomic E-state index is 0.318. The standard InChI is InChI=1S/C13H16O/c1-10-4-2-7-12(8-10)13(14)9-11-5-3-6-11/h2,4,7-8,11H,3,5-6,9H2,1H3. The van der Waals surface area contributed by atoms with Gasteiger partial charge in [0.25, 0.3) is 0 Å². The van der Waals surface area contributed by atoms with E-state index in [0.29, 0.717) is 11.7 Å². The van der Waals surface area contributed by atoms with Crippen molar-refractivity contribution in [2.24, 2.45) is 5.92 Å². The van der Waals surface area contributed by atoms with Gasteiger partial charge in [0.15, 0.2) is 5.78 Å². The maximum atomic E-state index is 11.8. The van der Waals surface area contributed by atoms with Gasteiger partial charge in [-0.05, 0) is 18.9 Å². The number of ketones is 1. The Morgan fingerprint density at radius 1 is 1.43 bits per heavy atom. The van der Waals surface area contributed by atoms with Gasteiger partial charge in [-0.15, -0.1) is 0 Å². The summed E-state index contributed by atoms with van der Waals surface area (Å²) in [5.74, 6) is 0.987. The first kappa shape index (κ1) is 9.45. The molecule has 0 aromatic heterocycles. The molecule has 1 fully saturated rings. The van der Waals surface area contributed by atoms with Crippen molar-refractivity contribution in [3.63, 3.8) is 0 Å². The molecule has 0 heterocycles. The van der Waals surface area contributed by atoms with Crippen LogP contribution in [0.2, 0.25) is 0 Å². The van der Waals surface area contributed by atoms with Gasteiger partial charge in [-0.2, -0.15) is 0 Å². The van der Waals surface area contributed by atoms with Gasteiger partial charge < -0.3 is 0 Å². The summed E-state index contributed by atoms with van der Waals surface area (Å²) in [6.45, 7) is 2.03. The second kappa shape index (κ2) is 3.95. The summed E-state index contributed by atoms with van der Waals surface area (Å²) in [6.07, 6.45) is 4.56. The van der Waals surface area contributed by atoms with Crippen LogP contribution >= 0.6 is 0 Å². The van der Waals surface area contributed by atoms with Crippen LogP contribution in [0.4, 0.5) is 0 Å². The van der Waals surface area contributed by atoms with Gasteiger partial charge >= 0.3 is 0 Å². The van der Waals surface area contributed by atoms with Crippen molar-refractivity contribution in [3.05, 3.63) is 35.4 Å². The molecule has 1 aromatic carbocycles. The van der Waals surface area contributed by atoms with Crippen LogP contribution in [0.3, 0.4) is 0 Å². The predicted molar refractivity (Wildman–Crippen MR) is 57.5 cm³/mol. The SMILES string of the molecule is Cc1cccc(C(=O)CC2CCC2)c1. The summed E-state index contributed by atoms with van der Waals surface area (Å²) in [4.78, 5) is 11.8. The zero-order valence-corrected chi connectivity index (χ0v) is 8.62. The Bertz CT molecular complexity index is 337. The van der Waals surface area contributed by atoms with Gasteiger partial charge in [-0.3, -0.25) is 4.79 Å². The largest absolute Gasteiger partial charge is 0.294 e. The summed E-state index contributed by atoms with van der Waals surface area (Å²) in [6, 6.07) is 7.90. The monoisotopic (exact) mass is 188 g/mol. The summed E-state index contributed by atoms with van der Waals surface area (Å²) in [5, 5.41) is 0. The van der Waals surface area contributed by atoms with Gasteiger partial charge in [-0.1, -0.05) is 43.0 Å². The molecule has 0 unspecified atom stereocenters. The summed E-state index contributed by atoms with van der Waals surface area (Å²) in [5.41, 5.74) is 2.06. The number of carbonyl (C=O) groups excluding carboxylic acids is 1. The normalized spacial score (nSPS) is 16.4. The van der Waals surface area contributed by atoms with Crippen molar-refractivity contribution >= 4 is 5.78 Å². The molecule has 1 aliphatic carbocycles. The minimum absolute atomic E-state index is 0.318. The van der Waals surface area contributed by atoms with E-state index < -0.39 is 0 Å². The zero-order chi connectivity index (χ0) is 9.97. The van der Waals surface area contributed by atoms with Crippen molar-refractivity contribution in [1.82, 2.24) is 0 Å². The number of rotatable bonds is 3. The van der Waals surface area contributed by atoms with Crippen LogP contribution in [0.15, 0.2) is 24.3 Å². The first-order chi connectivity index (χ1) is 6.75. The molecule has 1 nitrogen and oxygen atoms in total.